The summed E-state index contributed by atoms with van der Waals surface area (Å²) in [4.78, 5) is 10.6. The van der Waals surface area contributed by atoms with E-state index < -0.39 is 4.92 Å². The van der Waals surface area contributed by atoms with Crippen LogP contribution in [0.15, 0.2) is 18.2 Å². The summed E-state index contributed by atoms with van der Waals surface area (Å²) in [5.41, 5.74) is 9.58. The number of nitrogens with two attached hydrogens (primary N) is 1. The van der Waals surface area contributed by atoms with E-state index in [0.29, 0.717) is 11.7 Å². The zero-order valence-electron chi connectivity index (χ0n) is 12.8. The van der Waals surface area contributed by atoms with Gasteiger partial charge in [-0.05, 0) is 24.8 Å². The van der Waals surface area contributed by atoms with Gasteiger partial charge in [0.15, 0.2) is 0 Å². The summed E-state index contributed by atoms with van der Waals surface area (Å²) in [5.74, 6) is 1.04. The van der Waals surface area contributed by atoms with Crippen LogP contribution >= 0.6 is 0 Å². The molecule has 0 amide bonds. The predicted molar refractivity (Wildman–Crippen MR) is 83.0 cm³/mol. The number of hydrogen-bond acceptors (Lipinski definition) is 4. The number of anilines is 1. The molecule has 21 heavy (non-hydrogen) atoms. The van der Waals surface area contributed by atoms with Crippen molar-refractivity contribution in [3.8, 4) is 11.3 Å². The first-order valence-electron chi connectivity index (χ1n) is 6.88. The lowest BCUT2D eigenvalue weighted by atomic mass is 9.96. The second kappa shape index (κ2) is 5.55. The first-order valence-corrected chi connectivity index (χ1v) is 6.88. The van der Waals surface area contributed by atoms with E-state index in [1.165, 1.54) is 6.07 Å². The molecule has 1 aromatic heterocycles. The molecule has 0 aliphatic carbocycles. The number of rotatable bonds is 4. The van der Waals surface area contributed by atoms with Crippen molar-refractivity contribution in [2.45, 2.75) is 27.2 Å². The normalized spacial score (nSPS) is 11.1. The number of nitrogen functional groups attached to an aromatic ring is 1. The molecular weight excluding hydrogens is 268 g/mol. The fraction of sp³-hybridized carbons (Fsp3) is 0.400. The van der Waals surface area contributed by atoms with E-state index in [2.05, 4.69) is 18.9 Å². The Balaban J connectivity index is 2.63. The number of aryl methyl sites for hydroxylation is 2. The maximum absolute atomic E-state index is 11.0. The van der Waals surface area contributed by atoms with Gasteiger partial charge in [-0.3, -0.25) is 14.8 Å². The zero-order chi connectivity index (χ0) is 15.7. The van der Waals surface area contributed by atoms with Crippen LogP contribution in [0.25, 0.3) is 11.3 Å². The van der Waals surface area contributed by atoms with Gasteiger partial charge in [0, 0.05) is 30.3 Å². The predicted octanol–water partition coefficient (Wildman–Crippen LogP) is 3.08. The largest absolute Gasteiger partial charge is 0.384 e. The van der Waals surface area contributed by atoms with Gasteiger partial charge in [-0.2, -0.15) is 5.10 Å². The summed E-state index contributed by atoms with van der Waals surface area (Å²) < 4.78 is 1.63. The van der Waals surface area contributed by atoms with Gasteiger partial charge in [0.25, 0.3) is 5.69 Å². The van der Waals surface area contributed by atoms with Gasteiger partial charge in [0.05, 0.1) is 10.6 Å². The molecule has 0 saturated carbocycles. The lowest BCUT2D eigenvalue weighted by Crippen LogP contribution is -2.02. The van der Waals surface area contributed by atoms with Crippen molar-refractivity contribution in [2.75, 3.05) is 5.73 Å². The van der Waals surface area contributed by atoms with Crippen LogP contribution in [-0.2, 0) is 13.5 Å². The average Bonchev–Trinajstić information content (AvgIpc) is 2.66. The van der Waals surface area contributed by atoms with E-state index >= 15 is 0 Å². The molecule has 0 atom stereocenters. The topological polar surface area (TPSA) is 87.0 Å². The summed E-state index contributed by atoms with van der Waals surface area (Å²) in [6.45, 7) is 6.14. The standard InChI is InChI=1S/C15H20N4O2/c1-9(2)7-13-14(17-18(4)15(13)16)12-8-11(19(20)21)6-5-10(12)3/h5-6,8-9H,7,16H2,1-4H3. The molecule has 112 valence electrons. The maximum Gasteiger partial charge on any atom is 0.270 e. The summed E-state index contributed by atoms with van der Waals surface area (Å²) >= 11 is 0. The van der Waals surface area contributed by atoms with Crippen LogP contribution in [0.3, 0.4) is 0 Å². The van der Waals surface area contributed by atoms with Crippen molar-refractivity contribution in [3.05, 3.63) is 39.4 Å². The molecule has 0 spiro atoms. The Morgan fingerprint density at radius 2 is 2.10 bits per heavy atom. The van der Waals surface area contributed by atoms with E-state index in [1.54, 1.807) is 23.9 Å². The van der Waals surface area contributed by atoms with Gasteiger partial charge < -0.3 is 5.73 Å². The molecule has 6 heteroatoms. The van der Waals surface area contributed by atoms with Crippen LogP contribution < -0.4 is 5.73 Å². The Bertz CT molecular complexity index is 689. The smallest absolute Gasteiger partial charge is 0.270 e. The van der Waals surface area contributed by atoms with Crippen LogP contribution in [0.1, 0.15) is 25.0 Å². The molecule has 0 aliphatic rings. The fourth-order valence-electron chi connectivity index (χ4n) is 2.39. The highest BCUT2D eigenvalue weighted by molar-refractivity contribution is 5.73. The van der Waals surface area contributed by atoms with E-state index in [9.17, 15) is 10.1 Å². The number of hydrogen-bond donors (Lipinski definition) is 1. The van der Waals surface area contributed by atoms with E-state index in [1.807, 2.05) is 6.92 Å². The van der Waals surface area contributed by atoms with Crippen molar-refractivity contribution in [2.24, 2.45) is 13.0 Å². The maximum atomic E-state index is 11.0. The number of nitro benzene ring substituents is 1. The van der Waals surface area contributed by atoms with Crippen molar-refractivity contribution >= 4 is 11.5 Å². The Morgan fingerprint density at radius 3 is 2.67 bits per heavy atom. The lowest BCUT2D eigenvalue weighted by molar-refractivity contribution is -0.384. The quantitative estimate of drug-likeness (QED) is 0.691. The Kier molecular flexibility index (Phi) is 3.97. The van der Waals surface area contributed by atoms with Crippen molar-refractivity contribution in [1.82, 2.24) is 9.78 Å². The molecule has 0 fully saturated rings. The summed E-state index contributed by atoms with van der Waals surface area (Å²) in [7, 11) is 1.79. The number of aromatic nitrogens is 2. The third kappa shape index (κ3) is 2.89. The minimum Gasteiger partial charge on any atom is -0.384 e. The van der Waals surface area contributed by atoms with Crippen LogP contribution in [0.2, 0.25) is 0 Å². The minimum atomic E-state index is -0.392. The number of nitro groups is 1. The summed E-state index contributed by atoms with van der Waals surface area (Å²) in [6.07, 6.45) is 0.789. The van der Waals surface area contributed by atoms with E-state index in [0.717, 1.165) is 28.8 Å². The molecule has 0 aliphatic heterocycles. The molecule has 2 aromatic rings. The number of nitrogens with zero attached hydrogens (tertiary/aromatic N) is 3. The van der Waals surface area contributed by atoms with E-state index in [4.69, 9.17) is 5.73 Å². The number of benzene rings is 1. The Labute approximate surface area is 123 Å². The molecule has 1 heterocycles. The molecule has 0 saturated heterocycles. The Morgan fingerprint density at radius 1 is 1.43 bits per heavy atom. The first-order chi connectivity index (χ1) is 9.81. The Hall–Kier alpha value is -2.37. The highest BCUT2D eigenvalue weighted by Gasteiger charge is 2.20. The summed E-state index contributed by atoms with van der Waals surface area (Å²) in [5, 5.41) is 15.4. The molecular formula is C15H20N4O2. The highest BCUT2D eigenvalue weighted by Crippen LogP contribution is 2.33. The molecule has 0 radical (unpaired) electrons. The van der Waals surface area contributed by atoms with Crippen LogP contribution in [0.4, 0.5) is 11.5 Å². The molecule has 2 N–H and O–H groups in total. The van der Waals surface area contributed by atoms with Gasteiger partial charge in [-0.1, -0.05) is 19.9 Å². The monoisotopic (exact) mass is 288 g/mol. The number of non-ortho nitro benzene ring substituents is 1. The van der Waals surface area contributed by atoms with Crippen LogP contribution in [0.5, 0.6) is 0 Å². The van der Waals surface area contributed by atoms with Crippen molar-refractivity contribution in [1.29, 1.82) is 0 Å². The first kappa shape index (κ1) is 15.0. The SMILES string of the molecule is Cc1ccc([N+](=O)[O-])cc1-c1nn(C)c(N)c1CC(C)C. The molecule has 2 rings (SSSR count). The van der Waals surface area contributed by atoms with Crippen molar-refractivity contribution in [3.63, 3.8) is 0 Å². The van der Waals surface area contributed by atoms with Gasteiger partial charge in [0.2, 0.25) is 0 Å². The minimum absolute atomic E-state index is 0.0651. The van der Waals surface area contributed by atoms with Gasteiger partial charge in [-0.15, -0.1) is 0 Å². The molecule has 0 bridgehead atoms. The van der Waals surface area contributed by atoms with Gasteiger partial charge in [0.1, 0.15) is 5.82 Å². The zero-order valence-corrected chi connectivity index (χ0v) is 12.8. The second-order valence-electron chi connectivity index (χ2n) is 5.69. The van der Waals surface area contributed by atoms with Gasteiger partial charge >= 0.3 is 0 Å². The van der Waals surface area contributed by atoms with Crippen LogP contribution in [-0.4, -0.2) is 14.7 Å². The van der Waals surface area contributed by atoms with E-state index in [-0.39, 0.29) is 5.69 Å². The molecule has 6 nitrogen and oxygen atoms in total. The lowest BCUT2D eigenvalue weighted by Gasteiger charge is -2.08. The third-order valence-corrected chi connectivity index (χ3v) is 3.49. The highest BCUT2D eigenvalue weighted by atomic mass is 16.6. The molecule has 0 unspecified atom stereocenters. The van der Waals surface area contributed by atoms with Gasteiger partial charge in [-0.25, -0.2) is 0 Å². The average molecular weight is 288 g/mol. The fourth-order valence-corrected chi connectivity index (χ4v) is 2.39. The van der Waals surface area contributed by atoms with Crippen LogP contribution in [0, 0.1) is 23.0 Å². The molecule has 1 aromatic carbocycles. The third-order valence-electron chi connectivity index (χ3n) is 3.49. The second-order valence-corrected chi connectivity index (χ2v) is 5.69. The van der Waals surface area contributed by atoms with Crippen molar-refractivity contribution < 1.29 is 4.92 Å². The summed E-state index contributed by atoms with van der Waals surface area (Å²) in [6, 6.07) is 4.83.